The first-order chi connectivity index (χ1) is 9.42. The van der Waals surface area contributed by atoms with Crippen LogP contribution in [0.4, 0.5) is 0 Å². The fourth-order valence-electron chi connectivity index (χ4n) is 1.46. The summed E-state index contributed by atoms with van der Waals surface area (Å²) in [5.41, 5.74) is 1.08. The second kappa shape index (κ2) is 6.40. The minimum Gasteiger partial charge on any atom is -0.546 e. The zero-order valence-electron chi connectivity index (χ0n) is 14.8. The maximum atomic E-state index is 6.23. The van der Waals surface area contributed by atoms with Gasteiger partial charge < -0.3 is 8.85 Å². The standard InChI is InChI=1S/C17H30O2Si2/c1-17(2,3)21(7,8)18-14-16(19-20(4,5)6)15-12-10-9-11-13-15/h9-14H,1-8H3. The third-order valence-corrected chi connectivity index (χ3v) is 8.89. The van der Waals surface area contributed by atoms with Gasteiger partial charge in [-0.25, -0.2) is 0 Å². The highest BCUT2D eigenvalue weighted by Crippen LogP contribution is 2.37. The minimum atomic E-state index is -1.82. The van der Waals surface area contributed by atoms with Gasteiger partial charge in [0.05, 0.1) is 0 Å². The molecule has 0 aliphatic carbocycles. The van der Waals surface area contributed by atoms with Crippen molar-refractivity contribution in [1.82, 2.24) is 0 Å². The number of hydrogen-bond donors (Lipinski definition) is 0. The lowest BCUT2D eigenvalue weighted by atomic mass is 10.2. The van der Waals surface area contributed by atoms with Crippen molar-refractivity contribution in [3.8, 4) is 0 Å². The van der Waals surface area contributed by atoms with Gasteiger partial charge in [0.1, 0.15) is 12.0 Å². The van der Waals surface area contributed by atoms with Crippen LogP contribution in [0, 0.1) is 0 Å². The SMILES string of the molecule is CC(C)(C)[Si](C)(C)OC=C(O[Si](C)(C)C)c1ccccc1. The van der Waals surface area contributed by atoms with Crippen LogP contribution in [0.1, 0.15) is 26.3 Å². The van der Waals surface area contributed by atoms with Crippen molar-refractivity contribution in [3.63, 3.8) is 0 Å². The van der Waals surface area contributed by atoms with Crippen molar-refractivity contribution in [2.24, 2.45) is 0 Å². The summed E-state index contributed by atoms with van der Waals surface area (Å²) < 4.78 is 12.5. The van der Waals surface area contributed by atoms with Gasteiger partial charge in [-0.1, -0.05) is 51.1 Å². The lowest BCUT2D eigenvalue weighted by Gasteiger charge is -2.35. The van der Waals surface area contributed by atoms with E-state index in [0.717, 1.165) is 11.3 Å². The Kier molecular flexibility index (Phi) is 5.50. The fourth-order valence-corrected chi connectivity index (χ4v) is 3.04. The molecule has 0 aromatic heterocycles. The summed E-state index contributed by atoms with van der Waals surface area (Å²) in [6, 6.07) is 10.2. The zero-order valence-corrected chi connectivity index (χ0v) is 16.8. The van der Waals surface area contributed by atoms with Crippen molar-refractivity contribution < 1.29 is 8.85 Å². The van der Waals surface area contributed by atoms with Gasteiger partial charge in [-0.2, -0.15) is 0 Å². The molecule has 0 atom stereocenters. The molecule has 0 unspecified atom stereocenters. The maximum Gasteiger partial charge on any atom is 0.249 e. The van der Waals surface area contributed by atoms with E-state index in [1.807, 2.05) is 24.5 Å². The second-order valence-corrected chi connectivity index (χ2v) is 17.1. The summed E-state index contributed by atoms with van der Waals surface area (Å²) in [5.74, 6) is 0.861. The third-order valence-electron chi connectivity index (χ3n) is 3.74. The van der Waals surface area contributed by atoms with E-state index in [-0.39, 0.29) is 5.04 Å². The lowest BCUT2D eigenvalue weighted by molar-refractivity contribution is 0.409. The molecule has 0 saturated heterocycles. The molecule has 0 spiro atoms. The first kappa shape index (κ1) is 18.0. The van der Waals surface area contributed by atoms with Crippen LogP contribution < -0.4 is 0 Å². The smallest absolute Gasteiger partial charge is 0.249 e. The van der Waals surface area contributed by atoms with Crippen LogP contribution in [0.15, 0.2) is 36.6 Å². The van der Waals surface area contributed by atoms with Crippen LogP contribution in [0.5, 0.6) is 0 Å². The van der Waals surface area contributed by atoms with E-state index in [1.165, 1.54) is 0 Å². The molecule has 2 nitrogen and oxygen atoms in total. The lowest BCUT2D eigenvalue weighted by Crippen LogP contribution is -2.39. The van der Waals surface area contributed by atoms with Crippen LogP contribution in [0.2, 0.25) is 37.8 Å². The molecule has 0 saturated carbocycles. The Morgan fingerprint density at radius 1 is 0.952 bits per heavy atom. The minimum absolute atomic E-state index is 0.185. The third kappa shape index (κ3) is 5.71. The van der Waals surface area contributed by atoms with E-state index in [2.05, 4.69) is 65.6 Å². The molecule has 1 aromatic carbocycles. The highest BCUT2D eigenvalue weighted by molar-refractivity contribution is 6.74. The van der Waals surface area contributed by atoms with Gasteiger partial charge in [-0.05, 0) is 37.8 Å². The molecule has 0 aliphatic heterocycles. The normalized spacial score (nSPS) is 14.0. The first-order valence-corrected chi connectivity index (χ1v) is 13.9. The highest BCUT2D eigenvalue weighted by Gasteiger charge is 2.38. The van der Waals surface area contributed by atoms with Crippen molar-refractivity contribution in [2.45, 2.75) is 58.5 Å². The molecule has 1 aromatic rings. The number of rotatable bonds is 5. The Morgan fingerprint density at radius 2 is 1.48 bits per heavy atom. The Morgan fingerprint density at radius 3 is 1.90 bits per heavy atom. The summed E-state index contributed by atoms with van der Waals surface area (Å²) in [6.07, 6.45) is 1.85. The second-order valence-electron chi connectivity index (χ2n) is 7.94. The largest absolute Gasteiger partial charge is 0.546 e. The monoisotopic (exact) mass is 322 g/mol. The molecule has 4 heteroatoms. The van der Waals surface area contributed by atoms with E-state index in [9.17, 15) is 0 Å². The molecule has 0 aliphatic rings. The molecule has 21 heavy (non-hydrogen) atoms. The number of benzene rings is 1. The van der Waals surface area contributed by atoms with Crippen LogP contribution in [0.3, 0.4) is 0 Å². The molecule has 0 heterocycles. The molecule has 1 rings (SSSR count). The predicted octanol–water partition coefficient (Wildman–Crippen LogP) is 5.86. The van der Waals surface area contributed by atoms with E-state index < -0.39 is 16.6 Å². The maximum absolute atomic E-state index is 6.23. The fraction of sp³-hybridized carbons (Fsp3) is 0.529. The average molecular weight is 323 g/mol. The first-order valence-electron chi connectivity index (χ1n) is 7.55. The van der Waals surface area contributed by atoms with E-state index in [4.69, 9.17) is 8.85 Å². The molecular formula is C17H30O2Si2. The predicted molar refractivity (Wildman–Crippen MR) is 97.1 cm³/mol. The summed E-state index contributed by atoms with van der Waals surface area (Å²) in [7, 11) is -3.50. The van der Waals surface area contributed by atoms with Crippen molar-refractivity contribution >= 4 is 22.4 Å². The van der Waals surface area contributed by atoms with Crippen LogP contribution in [-0.4, -0.2) is 16.6 Å². The molecule has 0 fully saturated rings. The van der Waals surface area contributed by atoms with Gasteiger partial charge in [-0.15, -0.1) is 0 Å². The highest BCUT2D eigenvalue weighted by atomic mass is 28.4. The summed E-state index contributed by atoms with van der Waals surface area (Å²) in [6.45, 7) is 17.8. The van der Waals surface area contributed by atoms with Gasteiger partial charge in [0, 0.05) is 5.56 Å². The van der Waals surface area contributed by atoms with Crippen LogP contribution in [-0.2, 0) is 8.85 Å². The Bertz CT molecular complexity index is 480. The topological polar surface area (TPSA) is 18.5 Å². The molecule has 118 valence electrons. The van der Waals surface area contributed by atoms with Gasteiger partial charge in [0.25, 0.3) is 0 Å². The Balaban J connectivity index is 3.06. The van der Waals surface area contributed by atoms with Crippen LogP contribution in [0.25, 0.3) is 5.76 Å². The van der Waals surface area contributed by atoms with Crippen molar-refractivity contribution in [2.75, 3.05) is 0 Å². The molecule has 0 N–H and O–H groups in total. The quantitative estimate of drug-likeness (QED) is 0.499. The Hall–Kier alpha value is -1.01. The van der Waals surface area contributed by atoms with Crippen molar-refractivity contribution in [1.29, 1.82) is 0 Å². The molecule has 0 amide bonds. The van der Waals surface area contributed by atoms with E-state index >= 15 is 0 Å². The van der Waals surface area contributed by atoms with E-state index in [0.29, 0.717) is 0 Å². The van der Waals surface area contributed by atoms with E-state index in [1.54, 1.807) is 0 Å². The van der Waals surface area contributed by atoms with Gasteiger partial charge in [-0.3, -0.25) is 0 Å². The van der Waals surface area contributed by atoms with Crippen molar-refractivity contribution in [3.05, 3.63) is 42.2 Å². The van der Waals surface area contributed by atoms with Crippen LogP contribution >= 0.6 is 0 Å². The summed E-state index contributed by atoms with van der Waals surface area (Å²) >= 11 is 0. The zero-order chi connectivity index (χ0) is 16.3. The summed E-state index contributed by atoms with van der Waals surface area (Å²) in [5, 5.41) is 0.185. The Labute approximate surface area is 132 Å². The molecular weight excluding hydrogens is 292 g/mol. The van der Waals surface area contributed by atoms with Gasteiger partial charge >= 0.3 is 0 Å². The van der Waals surface area contributed by atoms with Gasteiger partial charge in [0.15, 0.2) is 0 Å². The average Bonchev–Trinajstić information content (AvgIpc) is 2.33. The van der Waals surface area contributed by atoms with Gasteiger partial charge in [0.2, 0.25) is 16.6 Å². The molecule has 0 bridgehead atoms. The summed E-state index contributed by atoms with van der Waals surface area (Å²) in [4.78, 5) is 0. The molecule has 0 radical (unpaired) electrons. The number of hydrogen-bond acceptors (Lipinski definition) is 2.